The molecular formula is C13H15N3O3. The zero-order chi connectivity index (χ0) is 13.8. The molecule has 6 nitrogen and oxygen atoms in total. The lowest BCUT2D eigenvalue weighted by Crippen LogP contribution is -2.34. The van der Waals surface area contributed by atoms with Gasteiger partial charge in [-0.15, -0.1) is 0 Å². The molecule has 1 N–H and O–H groups in total. The van der Waals surface area contributed by atoms with Gasteiger partial charge in [-0.05, 0) is 31.4 Å². The van der Waals surface area contributed by atoms with Crippen molar-refractivity contribution >= 4 is 5.69 Å². The average molecular weight is 261 g/mol. The fourth-order valence-corrected chi connectivity index (χ4v) is 1.69. The van der Waals surface area contributed by atoms with Gasteiger partial charge in [0.1, 0.15) is 18.4 Å². The van der Waals surface area contributed by atoms with E-state index in [1.165, 1.54) is 12.1 Å². The first-order valence-corrected chi connectivity index (χ1v) is 6.13. The average Bonchev–Trinajstić information content (AvgIpc) is 3.19. The molecule has 1 fully saturated rings. The summed E-state index contributed by atoms with van der Waals surface area (Å²) in [5.41, 5.74) is 0.804. The minimum atomic E-state index is -0.462. The first-order valence-electron chi connectivity index (χ1n) is 6.13. The van der Waals surface area contributed by atoms with E-state index >= 15 is 0 Å². The molecule has 100 valence electrons. The summed E-state index contributed by atoms with van der Waals surface area (Å²) in [6, 6.07) is 6.63. The van der Waals surface area contributed by atoms with Crippen molar-refractivity contribution in [2.75, 3.05) is 6.61 Å². The highest BCUT2D eigenvalue weighted by Crippen LogP contribution is 2.24. The highest BCUT2D eigenvalue weighted by molar-refractivity contribution is 5.43. The largest absolute Gasteiger partial charge is 0.490 e. The Labute approximate surface area is 111 Å². The fourth-order valence-electron chi connectivity index (χ4n) is 1.69. The third-order valence-electron chi connectivity index (χ3n) is 2.96. The normalized spacial score (nSPS) is 15.6. The topological polar surface area (TPSA) is 88.2 Å². The summed E-state index contributed by atoms with van der Waals surface area (Å²) in [5.74, 6) is 0.451. The number of ether oxygens (including phenoxy) is 1. The lowest BCUT2D eigenvalue weighted by molar-refractivity contribution is -0.384. The van der Waals surface area contributed by atoms with Crippen LogP contribution in [-0.4, -0.2) is 23.6 Å². The van der Waals surface area contributed by atoms with Gasteiger partial charge in [-0.1, -0.05) is 0 Å². The van der Waals surface area contributed by atoms with E-state index in [1.54, 1.807) is 6.07 Å². The van der Waals surface area contributed by atoms with Gasteiger partial charge in [0.25, 0.3) is 5.69 Å². The number of benzene rings is 1. The minimum Gasteiger partial charge on any atom is -0.490 e. The predicted octanol–water partition coefficient (Wildman–Crippen LogP) is 1.93. The Morgan fingerprint density at radius 3 is 2.95 bits per heavy atom. The number of hydrogen-bond donors (Lipinski definition) is 1. The number of non-ortho nitro benzene ring substituents is 1. The van der Waals surface area contributed by atoms with Crippen LogP contribution in [0.2, 0.25) is 0 Å². The second kappa shape index (κ2) is 5.67. The Morgan fingerprint density at radius 2 is 2.37 bits per heavy atom. The van der Waals surface area contributed by atoms with E-state index in [0.717, 1.165) is 18.4 Å². The van der Waals surface area contributed by atoms with Gasteiger partial charge in [0.05, 0.1) is 17.1 Å². The van der Waals surface area contributed by atoms with E-state index in [-0.39, 0.29) is 18.3 Å². The number of nitro groups is 1. The summed E-state index contributed by atoms with van der Waals surface area (Å²) in [6.45, 7) is 2.00. The second-order valence-electron chi connectivity index (χ2n) is 4.64. The maximum Gasteiger partial charge on any atom is 0.273 e. The minimum absolute atomic E-state index is 0.00994. The van der Waals surface area contributed by atoms with E-state index in [2.05, 4.69) is 11.4 Å². The maximum absolute atomic E-state index is 10.7. The first-order chi connectivity index (χ1) is 9.10. The number of nitriles is 1. The quantitative estimate of drug-likeness (QED) is 0.624. The molecule has 1 unspecified atom stereocenters. The van der Waals surface area contributed by atoms with E-state index < -0.39 is 4.92 Å². The molecule has 0 bridgehead atoms. The summed E-state index contributed by atoms with van der Waals surface area (Å²) in [7, 11) is 0. The number of nitro benzene ring substituents is 1. The van der Waals surface area contributed by atoms with Crippen LogP contribution in [-0.2, 0) is 0 Å². The molecule has 6 heteroatoms. The fraction of sp³-hybridized carbons (Fsp3) is 0.462. The van der Waals surface area contributed by atoms with Gasteiger partial charge in [0.15, 0.2) is 0 Å². The van der Waals surface area contributed by atoms with Gasteiger partial charge in [-0.2, -0.15) is 5.26 Å². The van der Waals surface area contributed by atoms with Crippen molar-refractivity contribution < 1.29 is 9.66 Å². The summed E-state index contributed by atoms with van der Waals surface area (Å²) in [6.07, 6.45) is 2.18. The van der Waals surface area contributed by atoms with Crippen LogP contribution in [0.5, 0.6) is 5.75 Å². The Hall–Kier alpha value is -2.13. The summed E-state index contributed by atoms with van der Waals surface area (Å²) in [5, 5.41) is 22.8. The number of nitrogens with zero attached hydrogens (tertiary/aromatic N) is 2. The molecule has 1 aliphatic rings. The number of rotatable bonds is 6. The van der Waals surface area contributed by atoms with Crippen molar-refractivity contribution in [3.63, 3.8) is 0 Å². The molecule has 2 rings (SSSR count). The van der Waals surface area contributed by atoms with Crippen molar-refractivity contribution in [1.82, 2.24) is 5.32 Å². The van der Waals surface area contributed by atoms with Gasteiger partial charge in [-0.25, -0.2) is 0 Å². The maximum atomic E-state index is 10.7. The molecule has 0 radical (unpaired) electrons. The monoisotopic (exact) mass is 261 g/mol. The zero-order valence-electron chi connectivity index (χ0n) is 10.6. The van der Waals surface area contributed by atoms with Crippen LogP contribution in [0, 0.1) is 28.4 Å². The van der Waals surface area contributed by atoms with Crippen LogP contribution in [0.3, 0.4) is 0 Å². The van der Waals surface area contributed by atoms with E-state index in [4.69, 9.17) is 10.00 Å². The summed E-state index contributed by atoms with van der Waals surface area (Å²) >= 11 is 0. The zero-order valence-corrected chi connectivity index (χ0v) is 10.6. The van der Waals surface area contributed by atoms with Gasteiger partial charge >= 0.3 is 0 Å². The third kappa shape index (κ3) is 3.66. The van der Waals surface area contributed by atoms with Crippen LogP contribution in [0.15, 0.2) is 18.2 Å². The number of aryl methyl sites for hydroxylation is 1. The standard InChI is InChI=1S/C13H15N3O3/c1-9-2-5-12(16(17)18)6-13(9)19-8-11(7-14)15-10-3-4-10/h2,5-6,10-11,15H,3-4,8H2,1H3. The highest BCUT2D eigenvalue weighted by atomic mass is 16.6. The molecule has 0 spiro atoms. The molecule has 0 heterocycles. The predicted molar refractivity (Wildman–Crippen MR) is 68.9 cm³/mol. The Bertz CT molecular complexity index is 520. The molecule has 1 aliphatic carbocycles. The van der Waals surface area contributed by atoms with Crippen molar-refractivity contribution in [1.29, 1.82) is 5.26 Å². The van der Waals surface area contributed by atoms with E-state index in [0.29, 0.717) is 11.8 Å². The molecule has 0 aromatic heterocycles. The Balaban J connectivity index is 1.99. The molecule has 0 saturated heterocycles. The van der Waals surface area contributed by atoms with Crippen LogP contribution >= 0.6 is 0 Å². The Morgan fingerprint density at radius 1 is 1.63 bits per heavy atom. The van der Waals surface area contributed by atoms with Crippen LogP contribution in [0.25, 0.3) is 0 Å². The van der Waals surface area contributed by atoms with Gasteiger partial charge in [0, 0.05) is 12.1 Å². The second-order valence-corrected chi connectivity index (χ2v) is 4.64. The van der Waals surface area contributed by atoms with Crippen molar-refractivity contribution in [3.05, 3.63) is 33.9 Å². The lowest BCUT2D eigenvalue weighted by atomic mass is 10.2. The SMILES string of the molecule is Cc1ccc([N+](=O)[O-])cc1OCC(C#N)NC1CC1. The van der Waals surface area contributed by atoms with Crippen molar-refractivity contribution in [3.8, 4) is 11.8 Å². The molecule has 1 atom stereocenters. The molecule has 19 heavy (non-hydrogen) atoms. The van der Waals surface area contributed by atoms with Crippen LogP contribution in [0.1, 0.15) is 18.4 Å². The number of hydrogen-bond acceptors (Lipinski definition) is 5. The Kier molecular flexibility index (Phi) is 3.97. The van der Waals surface area contributed by atoms with Crippen molar-refractivity contribution in [2.45, 2.75) is 31.8 Å². The van der Waals surface area contributed by atoms with Gasteiger partial charge < -0.3 is 4.74 Å². The summed E-state index contributed by atoms with van der Waals surface area (Å²) < 4.78 is 5.52. The van der Waals surface area contributed by atoms with Crippen LogP contribution < -0.4 is 10.1 Å². The molecule has 1 saturated carbocycles. The van der Waals surface area contributed by atoms with Gasteiger partial charge in [0.2, 0.25) is 0 Å². The lowest BCUT2D eigenvalue weighted by Gasteiger charge is -2.13. The molecule has 1 aromatic carbocycles. The third-order valence-corrected chi connectivity index (χ3v) is 2.96. The molecular weight excluding hydrogens is 246 g/mol. The van der Waals surface area contributed by atoms with Crippen LogP contribution in [0.4, 0.5) is 5.69 Å². The first kappa shape index (κ1) is 13.3. The number of nitrogens with one attached hydrogen (secondary N) is 1. The van der Waals surface area contributed by atoms with Gasteiger partial charge in [-0.3, -0.25) is 15.4 Å². The van der Waals surface area contributed by atoms with E-state index in [1.807, 2.05) is 6.92 Å². The summed E-state index contributed by atoms with van der Waals surface area (Å²) in [4.78, 5) is 10.2. The van der Waals surface area contributed by atoms with E-state index in [9.17, 15) is 10.1 Å². The highest BCUT2D eigenvalue weighted by Gasteiger charge is 2.24. The smallest absolute Gasteiger partial charge is 0.273 e. The molecule has 0 amide bonds. The van der Waals surface area contributed by atoms with Crippen molar-refractivity contribution in [2.24, 2.45) is 0 Å². The molecule has 0 aliphatic heterocycles. The molecule has 1 aromatic rings.